The number of halogens is 1. The van der Waals surface area contributed by atoms with Crippen molar-refractivity contribution in [3.63, 3.8) is 0 Å². The molecule has 1 saturated heterocycles. The van der Waals surface area contributed by atoms with Crippen LogP contribution >= 0.6 is 23.4 Å². The van der Waals surface area contributed by atoms with Crippen LogP contribution in [0.2, 0.25) is 5.02 Å². The number of amides is 2. The zero-order valence-corrected chi connectivity index (χ0v) is 24.7. The molecule has 4 aromatic rings. The molecule has 0 aromatic heterocycles. The molecule has 9 heteroatoms. The molecule has 0 aliphatic carbocycles. The molecule has 0 spiro atoms. The number of thioether (sulfide) groups is 1. The molecule has 4 aromatic carbocycles. The van der Waals surface area contributed by atoms with Gasteiger partial charge in [0.05, 0.1) is 30.9 Å². The molecule has 6 rings (SSSR count). The molecule has 220 valence electrons. The number of ether oxygens (including phenoxy) is 3. The summed E-state index contributed by atoms with van der Waals surface area (Å²) in [5.41, 5.74) is 1.72. The van der Waals surface area contributed by atoms with E-state index < -0.39 is 41.6 Å². The number of hydrogen-bond acceptors (Lipinski definition) is 7. The van der Waals surface area contributed by atoms with Crippen LogP contribution in [0.1, 0.15) is 31.8 Å². The van der Waals surface area contributed by atoms with E-state index in [1.54, 1.807) is 36.4 Å². The molecule has 1 N–H and O–H groups in total. The Bertz CT molecular complexity index is 1520. The van der Waals surface area contributed by atoms with Gasteiger partial charge in [-0.2, -0.15) is 0 Å². The highest BCUT2D eigenvalue weighted by molar-refractivity contribution is 7.99. The van der Waals surface area contributed by atoms with E-state index in [-0.39, 0.29) is 13.2 Å². The number of nitrogens with zero attached hydrogens (tertiary/aromatic N) is 1. The van der Waals surface area contributed by atoms with E-state index in [4.69, 9.17) is 25.8 Å². The summed E-state index contributed by atoms with van der Waals surface area (Å²) in [5, 5.41) is 12.3. The number of fused-ring (bicyclic) bond motifs is 1. The number of aliphatic hydroxyl groups is 1. The minimum Gasteiger partial charge on any atom is -0.388 e. The van der Waals surface area contributed by atoms with Crippen molar-refractivity contribution in [3.8, 4) is 0 Å². The van der Waals surface area contributed by atoms with Crippen molar-refractivity contribution in [3.05, 3.63) is 136 Å². The maximum absolute atomic E-state index is 13.7. The van der Waals surface area contributed by atoms with Gasteiger partial charge in [0.25, 0.3) is 11.8 Å². The van der Waals surface area contributed by atoms with Gasteiger partial charge in [-0.05, 0) is 47.5 Å². The van der Waals surface area contributed by atoms with Gasteiger partial charge >= 0.3 is 0 Å². The summed E-state index contributed by atoms with van der Waals surface area (Å²) < 4.78 is 18.9. The highest BCUT2D eigenvalue weighted by Crippen LogP contribution is 2.40. The Hall–Kier alpha value is -3.50. The second-order valence-corrected chi connectivity index (χ2v) is 12.0. The van der Waals surface area contributed by atoms with Gasteiger partial charge in [-0.15, -0.1) is 0 Å². The number of rotatable bonds is 10. The lowest BCUT2D eigenvalue weighted by Crippen LogP contribution is -2.65. The van der Waals surface area contributed by atoms with E-state index in [9.17, 15) is 14.7 Å². The first kappa shape index (κ1) is 29.6. The molecule has 0 unspecified atom stereocenters. The lowest BCUT2D eigenvalue weighted by molar-refractivity contribution is -0.205. The van der Waals surface area contributed by atoms with Crippen LogP contribution < -0.4 is 0 Å². The van der Waals surface area contributed by atoms with Crippen molar-refractivity contribution >= 4 is 35.2 Å². The van der Waals surface area contributed by atoms with E-state index in [2.05, 4.69) is 0 Å². The monoisotopic (exact) mass is 615 g/mol. The molecule has 2 amide bonds. The van der Waals surface area contributed by atoms with Crippen LogP contribution in [0.25, 0.3) is 0 Å². The maximum atomic E-state index is 13.7. The number of carbonyl (C=O) groups excluding carboxylic acids is 2. The second kappa shape index (κ2) is 13.4. The molecule has 0 saturated carbocycles. The number of aliphatic hydroxyl groups excluding tert-OH is 1. The van der Waals surface area contributed by atoms with Gasteiger partial charge in [0.2, 0.25) is 0 Å². The Balaban J connectivity index is 1.33. The number of carbonyl (C=O) groups is 2. The van der Waals surface area contributed by atoms with E-state index in [1.165, 1.54) is 16.7 Å². The predicted molar refractivity (Wildman–Crippen MR) is 164 cm³/mol. The third-order valence-corrected chi connectivity index (χ3v) is 8.93. The summed E-state index contributed by atoms with van der Waals surface area (Å²) in [6, 6.07) is 32.3. The fourth-order valence-corrected chi connectivity index (χ4v) is 6.66. The summed E-state index contributed by atoms with van der Waals surface area (Å²) in [4.78, 5) is 29.5. The third-order valence-electron chi connectivity index (χ3n) is 7.51. The predicted octanol–water partition coefficient (Wildman–Crippen LogP) is 5.98. The van der Waals surface area contributed by atoms with Gasteiger partial charge in [-0.1, -0.05) is 96.2 Å². The first-order valence-corrected chi connectivity index (χ1v) is 15.3. The van der Waals surface area contributed by atoms with Gasteiger partial charge in [0, 0.05) is 9.92 Å². The molecule has 2 aliphatic rings. The fourth-order valence-electron chi connectivity index (χ4n) is 5.36. The smallest absolute Gasteiger partial charge is 0.262 e. The first-order valence-electron chi connectivity index (χ1n) is 14.0. The maximum Gasteiger partial charge on any atom is 0.262 e. The van der Waals surface area contributed by atoms with Crippen LogP contribution in [0.3, 0.4) is 0 Å². The number of benzene rings is 4. The normalized spacial score (nSPS) is 23.4. The molecule has 7 nitrogen and oxygen atoms in total. The fraction of sp³-hybridized carbons (Fsp3) is 0.235. The summed E-state index contributed by atoms with van der Waals surface area (Å²) in [6.45, 7) is 0.575. The Morgan fingerprint density at radius 2 is 1.33 bits per heavy atom. The van der Waals surface area contributed by atoms with Crippen molar-refractivity contribution in [1.29, 1.82) is 0 Å². The number of hydrogen-bond donors (Lipinski definition) is 1. The molecular formula is C34H30ClNO6S. The van der Waals surface area contributed by atoms with Crippen LogP contribution in [-0.2, 0) is 27.4 Å². The molecule has 2 aliphatic heterocycles. The molecule has 2 heterocycles. The minimum absolute atomic E-state index is 0.0772. The van der Waals surface area contributed by atoms with Gasteiger partial charge in [-0.25, -0.2) is 0 Å². The van der Waals surface area contributed by atoms with Crippen molar-refractivity contribution in [2.75, 3.05) is 6.61 Å². The average Bonchev–Trinajstić information content (AvgIpc) is 3.29. The lowest BCUT2D eigenvalue weighted by Gasteiger charge is -2.47. The Kier molecular flexibility index (Phi) is 9.23. The van der Waals surface area contributed by atoms with Crippen molar-refractivity contribution in [2.24, 2.45) is 0 Å². The molecule has 5 atom stereocenters. The second-order valence-electron chi connectivity index (χ2n) is 10.4. The van der Waals surface area contributed by atoms with Crippen LogP contribution in [0, 0.1) is 0 Å². The summed E-state index contributed by atoms with van der Waals surface area (Å²) in [6.07, 6.45) is -2.96. The van der Waals surface area contributed by atoms with E-state index >= 15 is 0 Å². The van der Waals surface area contributed by atoms with Crippen LogP contribution in [-0.4, -0.2) is 58.2 Å². The lowest BCUT2D eigenvalue weighted by atomic mass is 9.96. The van der Waals surface area contributed by atoms with Gasteiger partial charge in [0.1, 0.15) is 29.8 Å². The summed E-state index contributed by atoms with van der Waals surface area (Å²) in [7, 11) is 0. The van der Waals surface area contributed by atoms with E-state index in [0.717, 1.165) is 16.0 Å². The summed E-state index contributed by atoms with van der Waals surface area (Å²) in [5.74, 6) is -0.898. The van der Waals surface area contributed by atoms with Crippen LogP contribution in [0.4, 0.5) is 0 Å². The zero-order valence-electron chi connectivity index (χ0n) is 23.1. The van der Waals surface area contributed by atoms with Crippen molar-refractivity contribution < 1.29 is 28.9 Å². The minimum atomic E-state index is -1.20. The Morgan fingerprint density at radius 1 is 0.767 bits per heavy atom. The largest absolute Gasteiger partial charge is 0.388 e. The number of imide groups is 1. The van der Waals surface area contributed by atoms with E-state index in [0.29, 0.717) is 22.8 Å². The topological polar surface area (TPSA) is 85.3 Å². The van der Waals surface area contributed by atoms with Gasteiger partial charge < -0.3 is 19.3 Å². The zero-order chi connectivity index (χ0) is 29.8. The summed E-state index contributed by atoms with van der Waals surface area (Å²) >= 11 is 7.48. The average molecular weight is 616 g/mol. The molecule has 0 radical (unpaired) electrons. The molecular weight excluding hydrogens is 586 g/mol. The van der Waals surface area contributed by atoms with Crippen LogP contribution in [0.5, 0.6) is 0 Å². The van der Waals surface area contributed by atoms with Crippen molar-refractivity contribution in [1.82, 2.24) is 4.90 Å². The van der Waals surface area contributed by atoms with Crippen molar-refractivity contribution in [2.45, 2.75) is 47.9 Å². The third kappa shape index (κ3) is 6.55. The SMILES string of the molecule is O=C1c2ccccc2C(=O)N1[C@@H]1[C@@H](OCc2ccccc2)[C@H](O)[C@@H](COCc2ccccc2)O[C@H]1Sc1ccc(Cl)cc1. The highest BCUT2D eigenvalue weighted by Gasteiger charge is 2.54. The van der Waals surface area contributed by atoms with Gasteiger partial charge in [-0.3, -0.25) is 14.5 Å². The first-order chi connectivity index (χ1) is 21.0. The standard InChI is InChI=1S/C34H30ClNO6S/c35-24-15-17-25(18-16-24)43-34-29(36-32(38)26-13-7-8-14-27(26)33(36)39)31(41-20-23-11-5-2-6-12-23)30(37)28(42-34)21-40-19-22-9-3-1-4-10-22/h1-18,28-31,34,37H,19-21H2/t28-,29-,30-,31-,34+/m1/s1. The van der Waals surface area contributed by atoms with E-state index in [1.807, 2.05) is 72.8 Å². The van der Waals surface area contributed by atoms with Crippen LogP contribution in [0.15, 0.2) is 114 Å². The Labute approximate surface area is 259 Å². The molecule has 1 fully saturated rings. The Morgan fingerprint density at radius 3 is 1.93 bits per heavy atom. The highest BCUT2D eigenvalue weighted by atomic mass is 35.5. The van der Waals surface area contributed by atoms with Gasteiger partial charge in [0.15, 0.2) is 0 Å². The quantitative estimate of drug-likeness (QED) is 0.220. The molecule has 0 bridgehead atoms. The molecule has 43 heavy (non-hydrogen) atoms.